The van der Waals surface area contributed by atoms with Crippen LogP contribution in [-0.4, -0.2) is 18.1 Å². The van der Waals surface area contributed by atoms with Crippen LogP contribution in [0.5, 0.6) is 0 Å². The van der Waals surface area contributed by atoms with Crippen LogP contribution in [0, 0.1) is 0 Å². The minimum Gasteiger partial charge on any atom is -0.357 e. The molecule has 0 aliphatic carbocycles. The summed E-state index contributed by atoms with van der Waals surface area (Å²) in [5, 5.41) is 3.84. The van der Waals surface area contributed by atoms with Crippen molar-refractivity contribution in [3.05, 3.63) is 60.3 Å². The van der Waals surface area contributed by atoms with E-state index in [4.69, 9.17) is 0 Å². The Hall–Kier alpha value is -2.75. The molecule has 1 aromatic heterocycles. The highest BCUT2D eigenvalue weighted by Gasteiger charge is 2.23. The number of fused-ring (bicyclic) bond motifs is 1. The van der Waals surface area contributed by atoms with Gasteiger partial charge in [-0.3, -0.25) is 4.90 Å². The number of carbonyl (C=O) groups excluding carboxylic acids is 1. The maximum absolute atomic E-state index is 12.7. The van der Waals surface area contributed by atoms with Gasteiger partial charge in [0.1, 0.15) is 0 Å². The number of aromatic amines is 1. The molecular formula is C20H23N3O. The first-order valence-corrected chi connectivity index (χ1v) is 8.42. The lowest BCUT2D eigenvalue weighted by Gasteiger charge is -2.23. The fourth-order valence-electron chi connectivity index (χ4n) is 3.01. The first-order valence-electron chi connectivity index (χ1n) is 8.42. The van der Waals surface area contributed by atoms with Crippen molar-refractivity contribution in [1.29, 1.82) is 0 Å². The molecule has 0 radical (unpaired) electrons. The van der Waals surface area contributed by atoms with Crippen molar-refractivity contribution in [2.24, 2.45) is 0 Å². The van der Waals surface area contributed by atoms with Gasteiger partial charge in [0.25, 0.3) is 0 Å². The predicted molar refractivity (Wildman–Crippen MR) is 99.9 cm³/mol. The molecule has 24 heavy (non-hydrogen) atoms. The van der Waals surface area contributed by atoms with E-state index in [0.29, 0.717) is 0 Å². The Morgan fingerprint density at radius 2 is 1.79 bits per heavy atom. The molecule has 0 spiro atoms. The summed E-state index contributed by atoms with van der Waals surface area (Å²) in [6, 6.07) is 17.8. The number of nitrogens with zero attached hydrogens (tertiary/aromatic N) is 1. The molecule has 4 heteroatoms. The Balaban J connectivity index is 2.20. The number of anilines is 2. The fraction of sp³-hybridized carbons (Fsp3) is 0.250. The SMILES string of the molecule is CCCCc1[nH]c2ccccc2c1N(C(=O)NC)c1ccccc1. The largest absolute Gasteiger partial charge is 0.357 e. The molecule has 0 fully saturated rings. The van der Waals surface area contributed by atoms with Crippen molar-refractivity contribution in [3.8, 4) is 0 Å². The van der Waals surface area contributed by atoms with E-state index < -0.39 is 0 Å². The summed E-state index contributed by atoms with van der Waals surface area (Å²) >= 11 is 0. The number of hydrogen-bond acceptors (Lipinski definition) is 1. The van der Waals surface area contributed by atoms with Gasteiger partial charge in [-0.25, -0.2) is 4.79 Å². The lowest BCUT2D eigenvalue weighted by molar-refractivity contribution is 0.250. The fourth-order valence-corrected chi connectivity index (χ4v) is 3.01. The summed E-state index contributed by atoms with van der Waals surface area (Å²) in [5.74, 6) is 0. The molecule has 0 atom stereocenters. The molecule has 124 valence electrons. The minimum atomic E-state index is -0.135. The number of aryl methyl sites for hydroxylation is 1. The molecule has 0 aliphatic heterocycles. The van der Waals surface area contributed by atoms with Gasteiger partial charge in [0, 0.05) is 23.6 Å². The summed E-state index contributed by atoms with van der Waals surface area (Å²) in [5.41, 5.74) is 3.97. The molecule has 0 unspecified atom stereocenters. The Morgan fingerprint density at radius 3 is 2.50 bits per heavy atom. The maximum Gasteiger partial charge on any atom is 0.326 e. The Morgan fingerprint density at radius 1 is 1.08 bits per heavy atom. The quantitative estimate of drug-likeness (QED) is 0.683. The highest BCUT2D eigenvalue weighted by Crippen LogP contribution is 2.36. The zero-order valence-corrected chi connectivity index (χ0v) is 14.2. The van der Waals surface area contributed by atoms with Crippen LogP contribution in [0.25, 0.3) is 10.9 Å². The minimum absolute atomic E-state index is 0.135. The van der Waals surface area contributed by atoms with Crippen LogP contribution in [-0.2, 0) is 6.42 Å². The number of para-hydroxylation sites is 2. The standard InChI is InChI=1S/C20H23N3O/c1-3-4-13-18-19(16-12-8-9-14-17(16)22-18)23(20(24)21-2)15-10-6-5-7-11-15/h5-12,14,22H,3-4,13H2,1-2H3,(H,21,24). The van der Waals surface area contributed by atoms with Gasteiger partial charge in [0.15, 0.2) is 0 Å². The van der Waals surface area contributed by atoms with E-state index in [1.54, 1.807) is 11.9 Å². The second-order valence-corrected chi connectivity index (χ2v) is 5.83. The van der Waals surface area contributed by atoms with Crippen molar-refractivity contribution in [1.82, 2.24) is 10.3 Å². The van der Waals surface area contributed by atoms with Gasteiger partial charge in [0.2, 0.25) is 0 Å². The maximum atomic E-state index is 12.7. The average Bonchev–Trinajstić information content (AvgIpc) is 2.99. The number of rotatable bonds is 5. The highest BCUT2D eigenvalue weighted by molar-refractivity contribution is 6.08. The van der Waals surface area contributed by atoms with E-state index in [2.05, 4.69) is 29.4 Å². The summed E-state index contributed by atoms with van der Waals surface area (Å²) in [7, 11) is 1.67. The van der Waals surface area contributed by atoms with Gasteiger partial charge in [-0.15, -0.1) is 0 Å². The average molecular weight is 321 g/mol. The van der Waals surface area contributed by atoms with Gasteiger partial charge < -0.3 is 10.3 Å². The molecule has 2 aromatic carbocycles. The molecule has 0 bridgehead atoms. The lowest BCUT2D eigenvalue weighted by Crippen LogP contribution is -2.34. The number of hydrogen-bond donors (Lipinski definition) is 2. The number of nitrogens with one attached hydrogen (secondary N) is 2. The second kappa shape index (κ2) is 7.21. The summed E-state index contributed by atoms with van der Waals surface area (Å²) < 4.78 is 0. The third-order valence-electron chi connectivity index (χ3n) is 4.19. The third-order valence-corrected chi connectivity index (χ3v) is 4.19. The number of H-pyrrole nitrogens is 1. The van der Waals surface area contributed by atoms with Crippen molar-refractivity contribution >= 4 is 28.3 Å². The molecule has 0 aliphatic rings. The van der Waals surface area contributed by atoms with Crippen LogP contribution in [0.1, 0.15) is 25.5 Å². The van der Waals surface area contributed by atoms with Crippen LogP contribution < -0.4 is 10.2 Å². The van der Waals surface area contributed by atoms with Gasteiger partial charge >= 0.3 is 6.03 Å². The van der Waals surface area contributed by atoms with E-state index in [1.807, 2.05) is 42.5 Å². The number of aromatic nitrogens is 1. The lowest BCUT2D eigenvalue weighted by atomic mass is 10.1. The highest BCUT2D eigenvalue weighted by atomic mass is 16.2. The zero-order valence-electron chi connectivity index (χ0n) is 14.2. The van der Waals surface area contributed by atoms with Gasteiger partial charge in [-0.05, 0) is 31.0 Å². The van der Waals surface area contributed by atoms with Crippen molar-refractivity contribution in [2.45, 2.75) is 26.2 Å². The van der Waals surface area contributed by atoms with Gasteiger partial charge in [-0.2, -0.15) is 0 Å². The second-order valence-electron chi connectivity index (χ2n) is 5.83. The molecule has 1 heterocycles. The molecule has 3 rings (SSSR count). The summed E-state index contributed by atoms with van der Waals surface area (Å²) in [6.07, 6.45) is 3.11. The number of carbonyl (C=O) groups is 1. The summed E-state index contributed by atoms with van der Waals surface area (Å²) in [6.45, 7) is 2.18. The first-order chi connectivity index (χ1) is 11.8. The van der Waals surface area contributed by atoms with E-state index in [0.717, 1.165) is 47.2 Å². The molecule has 2 amide bonds. The Labute approximate surface area is 142 Å². The molecular weight excluding hydrogens is 298 g/mol. The van der Waals surface area contributed by atoms with E-state index in [-0.39, 0.29) is 6.03 Å². The first kappa shape index (κ1) is 16.1. The van der Waals surface area contributed by atoms with E-state index in [9.17, 15) is 4.79 Å². The van der Waals surface area contributed by atoms with Crippen molar-refractivity contribution in [3.63, 3.8) is 0 Å². The third kappa shape index (κ3) is 3.00. The number of benzene rings is 2. The molecule has 3 aromatic rings. The number of urea groups is 1. The normalized spacial score (nSPS) is 10.8. The smallest absolute Gasteiger partial charge is 0.326 e. The monoisotopic (exact) mass is 321 g/mol. The summed E-state index contributed by atoms with van der Waals surface area (Å²) in [4.78, 5) is 18.0. The van der Waals surface area contributed by atoms with Crippen LogP contribution in [0.15, 0.2) is 54.6 Å². The van der Waals surface area contributed by atoms with E-state index in [1.165, 1.54) is 0 Å². The van der Waals surface area contributed by atoms with Crippen LogP contribution >= 0.6 is 0 Å². The predicted octanol–water partition coefficient (Wildman–Crippen LogP) is 4.99. The molecule has 0 saturated carbocycles. The van der Waals surface area contributed by atoms with Gasteiger partial charge in [0.05, 0.1) is 11.4 Å². The van der Waals surface area contributed by atoms with E-state index >= 15 is 0 Å². The Kier molecular flexibility index (Phi) is 4.85. The molecule has 4 nitrogen and oxygen atoms in total. The molecule has 0 saturated heterocycles. The number of amides is 2. The van der Waals surface area contributed by atoms with Gasteiger partial charge in [-0.1, -0.05) is 49.7 Å². The van der Waals surface area contributed by atoms with Crippen LogP contribution in [0.4, 0.5) is 16.2 Å². The van der Waals surface area contributed by atoms with Crippen LogP contribution in [0.2, 0.25) is 0 Å². The topological polar surface area (TPSA) is 48.1 Å². The number of unbranched alkanes of at least 4 members (excludes halogenated alkanes) is 1. The Bertz CT molecular complexity index is 823. The zero-order chi connectivity index (χ0) is 16.9. The van der Waals surface area contributed by atoms with Crippen LogP contribution in [0.3, 0.4) is 0 Å². The molecule has 2 N–H and O–H groups in total. The van der Waals surface area contributed by atoms with Crippen molar-refractivity contribution < 1.29 is 4.79 Å². The van der Waals surface area contributed by atoms with Crippen molar-refractivity contribution in [2.75, 3.05) is 11.9 Å².